The van der Waals surface area contributed by atoms with Gasteiger partial charge < -0.3 is 19.1 Å². The Hall–Kier alpha value is -5.68. The molecule has 9 aromatic rings. The predicted octanol–water partition coefficient (Wildman–Crippen LogP) is 13.8. The number of aromatic nitrogens is 2. The number of thiophene rings is 1. The summed E-state index contributed by atoms with van der Waals surface area (Å²) in [5, 5.41) is 4.74. The minimum absolute atomic E-state index is 0. The Balaban J connectivity index is 0.00000449. The van der Waals surface area contributed by atoms with Crippen LogP contribution in [0, 0.1) is 18.8 Å². The summed E-state index contributed by atoms with van der Waals surface area (Å²) in [6, 6.07) is 56.4. The second-order valence-electron chi connectivity index (χ2n) is 17.0. The van der Waals surface area contributed by atoms with Crippen molar-refractivity contribution in [1.29, 1.82) is 0 Å². The molecule has 5 nitrogen and oxygen atoms in total. The van der Waals surface area contributed by atoms with Crippen LogP contribution in [0.15, 0.2) is 146 Å². The molecule has 0 aliphatic carbocycles. The first-order valence-electron chi connectivity index (χ1n) is 19.8. The smallest absolute Gasteiger partial charge is 0.135 e. The van der Waals surface area contributed by atoms with Gasteiger partial charge in [0.2, 0.25) is 0 Å². The molecule has 3 aromatic heterocycles. The normalized spacial score (nSPS) is 13.6. The van der Waals surface area contributed by atoms with E-state index in [0.29, 0.717) is 11.5 Å². The van der Waals surface area contributed by atoms with Gasteiger partial charge in [-0.05, 0) is 72.5 Å². The van der Waals surface area contributed by atoms with Crippen molar-refractivity contribution in [2.75, 3.05) is 4.90 Å². The largest absolute Gasteiger partial charge is 0.509 e. The molecular formula is C52H43N4OPtS-3. The monoisotopic (exact) mass is 966 g/mol. The van der Waals surface area contributed by atoms with Crippen LogP contribution in [-0.4, -0.2) is 20.0 Å². The van der Waals surface area contributed by atoms with Gasteiger partial charge in [-0.25, -0.2) is 4.98 Å². The molecule has 0 saturated carbocycles. The van der Waals surface area contributed by atoms with E-state index in [9.17, 15) is 0 Å². The second kappa shape index (κ2) is 14.9. The molecular weight excluding hydrogens is 924 g/mol. The van der Waals surface area contributed by atoms with Gasteiger partial charge in [0.1, 0.15) is 5.82 Å². The average molecular weight is 967 g/mol. The Bertz CT molecular complexity index is 3040. The molecule has 0 fully saturated rings. The van der Waals surface area contributed by atoms with Crippen LogP contribution in [-0.2, 0) is 26.5 Å². The Labute approximate surface area is 364 Å². The summed E-state index contributed by atoms with van der Waals surface area (Å²) in [4.78, 5) is 9.61. The quantitative estimate of drug-likeness (QED) is 0.156. The Morgan fingerprint density at radius 2 is 1.31 bits per heavy atom. The summed E-state index contributed by atoms with van der Waals surface area (Å²) in [5.74, 6) is 2.07. The van der Waals surface area contributed by atoms with Crippen LogP contribution < -0.4 is 9.64 Å². The molecule has 6 aromatic carbocycles. The molecule has 0 unspecified atom stereocenters. The number of anilines is 1. The summed E-state index contributed by atoms with van der Waals surface area (Å²) in [6.45, 7) is 15.7. The predicted molar refractivity (Wildman–Crippen MR) is 242 cm³/mol. The van der Waals surface area contributed by atoms with E-state index in [2.05, 4.69) is 196 Å². The number of benzene rings is 6. The third-order valence-electron chi connectivity index (χ3n) is 11.0. The SMILES string of the molecule is CC(C)(C)c1ccnc(-n2c3[c-]c(Oc4[c-]c(N5[CH-]N(C(C)(C)C)C(c6ccccc6)=C5c5ccccc5)ccc4)ccc3c3ccc4sc5ccccc5c4c32)c1.[Pt]. The Kier molecular flexibility index (Phi) is 9.77. The third kappa shape index (κ3) is 6.82. The van der Waals surface area contributed by atoms with Gasteiger partial charge in [0.05, 0.1) is 5.52 Å². The summed E-state index contributed by atoms with van der Waals surface area (Å²) in [6.07, 6.45) is 1.93. The molecule has 7 heteroatoms. The van der Waals surface area contributed by atoms with Gasteiger partial charge in [-0.1, -0.05) is 111 Å². The molecule has 0 radical (unpaired) electrons. The minimum Gasteiger partial charge on any atom is -0.509 e. The molecule has 4 heterocycles. The van der Waals surface area contributed by atoms with E-state index < -0.39 is 0 Å². The molecule has 1 aliphatic heterocycles. The van der Waals surface area contributed by atoms with Crippen LogP contribution in [0.1, 0.15) is 58.2 Å². The van der Waals surface area contributed by atoms with Crippen LogP contribution in [0.3, 0.4) is 0 Å². The summed E-state index contributed by atoms with van der Waals surface area (Å²) in [7, 11) is 0. The van der Waals surface area contributed by atoms with Gasteiger partial charge in [0, 0.05) is 75.9 Å². The third-order valence-corrected chi connectivity index (χ3v) is 12.1. The fourth-order valence-electron chi connectivity index (χ4n) is 8.16. The number of fused-ring (bicyclic) bond motifs is 7. The molecule has 0 bridgehead atoms. The van der Waals surface area contributed by atoms with Gasteiger partial charge in [-0.3, -0.25) is 0 Å². The van der Waals surface area contributed by atoms with Gasteiger partial charge in [0.15, 0.2) is 0 Å². The number of rotatable bonds is 6. The first-order chi connectivity index (χ1) is 28.0. The van der Waals surface area contributed by atoms with Gasteiger partial charge >= 0.3 is 0 Å². The van der Waals surface area contributed by atoms with Crippen molar-refractivity contribution in [2.24, 2.45) is 0 Å². The van der Waals surface area contributed by atoms with Crippen molar-refractivity contribution in [1.82, 2.24) is 14.5 Å². The fraction of sp³-hybridized carbons (Fsp3) is 0.154. The van der Waals surface area contributed by atoms with E-state index in [0.717, 1.165) is 55.8 Å². The fourth-order valence-corrected chi connectivity index (χ4v) is 9.27. The van der Waals surface area contributed by atoms with Crippen LogP contribution in [0.5, 0.6) is 11.5 Å². The van der Waals surface area contributed by atoms with Crippen LogP contribution in [0.25, 0.3) is 59.2 Å². The maximum absolute atomic E-state index is 6.73. The van der Waals surface area contributed by atoms with Crippen LogP contribution in [0.4, 0.5) is 5.69 Å². The Morgan fingerprint density at radius 1 is 0.627 bits per heavy atom. The van der Waals surface area contributed by atoms with Crippen molar-refractivity contribution >= 4 is 70.4 Å². The molecule has 296 valence electrons. The molecule has 1 aliphatic rings. The molecule has 0 amide bonds. The molecule has 0 atom stereocenters. The van der Waals surface area contributed by atoms with Crippen molar-refractivity contribution in [2.45, 2.75) is 52.5 Å². The van der Waals surface area contributed by atoms with Crippen LogP contribution in [0.2, 0.25) is 0 Å². The number of hydrogen-bond donors (Lipinski definition) is 0. The topological polar surface area (TPSA) is 33.5 Å². The first-order valence-corrected chi connectivity index (χ1v) is 20.6. The molecule has 0 saturated heterocycles. The van der Waals surface area contributed by atoms with Crippen molar-refractivity contribution in [3.05, 3.63) is 181 Å². The van der Waals surface area contributed by atoms with Gasteiger partial charge in [0.25, 0.3) is 0 Å². The summed E-state index contributed by atoms with van der Waals surface area (Å²) < 4.78 is 11.5. The zero-order valence-electron chi connectivity index (χ0n) is 33.9. The molecule has 0 spiro atoms. The van der Waals surface area contributed by atoms with E-state index >= 15 is 0 Å². The molecule has 59 heavy (non-hydrogen) atoms. The van der Waals surface area contributed by atoms with Crippen molar-refractivity contribution < 1.29 is 25.8 Å². The van der Waals surface area contributed by atoms with Gasteiger partial charge in [-0.2, -0.15) is 18.8 Å². The number of nitrogens with zero attached hydrogens (tertiary/aromatic N) is 4. The molecule has 0 N–H and O–H groups in total. The van der Waals surface area contributed by atoms with E-state index in [4.69, 9.17) is 9.72 Å². The second-order valence-corrected chi connectivity index (χ2v) is 18.0. The maximum atomic E-state index is 6.73. The van der Waals surface area contributed by atoms with Gasteiger partial charge in [-0.15, -0.1) is 52.7 Å². The van der Waals surface area contributed by atoms with Crippen molar-refractivity contribution in [3.8, 4) is 17.3 Å². The maximum Gasteiger partial charge on any atom is 0.135 e. The first kappa shape index (κ1) is 38.8. The number of hydrogen-bond acceptors (Lipinski definition) is 5. The Morgan fingerprint density at radius 3 is 2.03 bits per heavy atom. The minimum atomic E-state index is -0.195. The summed E-state index contributed by atoms with van der Waals surface area (Å²) >= 11 is 1.83. The van der Waals surface area contributed by atoms with Crippen molar-refractivity contribution in [3.63, 3.8) is 0 Å². The van der Waals surface area contributed by atoms with E-state index in [1.54, 1.807) is 0 Å². The standard InChI is InChI=1S/C52H43N4OS.Pt/c1-51(2,3)36-28-29-53-46(30-36)56-43-32-39(24-25-40(43)41-26-27-45-47(50(41)56)42-22-13-14-23-44(42)58-45)57-38-21-15-20-37(31-38)54-33-55(52(4,5)6)49(35-18-11-8-12-19-35)48(54)34-16-9-7-10-17-34;/h7-30,33H,1-6H3;/q-3;. The van der Waals surface area contributed by atoms with E-state index in [-0.39, 0.29) is 32.0 Å². The van der Waals surface area contributed by atoms with E-state index in [1.807, 2.05) is 35.7 Å². The van der Waals surface area contributed by atoms with Crippen LogP contribution >= 0.6 is 11.3 Å². The number of ether oxygens (including phenoxy) is 1. The average Bonchev–Trinajstić information content (AvgIpc) is 3.91. The summed E-state index contributed by atoms with van der Waals surface area (Å²) in [5.41, 5.74) is 8.40. The van der Waals surface area contributed by atoms with E-state index in [1.165, 1.54) is 25.7 Å². The molecule has 10 rings (SSSR count). The zero-order chi connectivity index (χ0) is 39.8. The number of pyridine rings is 1. The zero-order valence-corrected chi connectivity index (χ0v) is 36.9.